The second-order valence-electron chi connectivity index (χ2n) is 4.41. The van der Waals surface area contributed by atoms with E-state index in [4.69, 9.17) is 16.6 Å². The number of aromatic nitrogens is 4. The summed E-state index contributed by atoms with van der Waals surface area (Å²) in [4.78, 5) is 11.9. The molecule has 0 aliphatic rings. The number of imidazole rings is 1. The van der Waals surface area contributed by atoms with E-state index in [1.807, 2.05) is 30.5 Å². The van der Waals surface area contributed by atoms with E-state index in [2.05, 4.69) is 15.0 Å². The van der Waals surface area contributed by atoms with Crippen LogP contribution in [0.5, 0.6) is 0 Å². The van der Waals surface area contributed by atoms with Gasteiger partial charge in [-0.05, 0) is 31.3 Å². The van der Waals surface area contributed by atoms with Crippen molar-refractivity contribution >= 4 is 23.4 Å². The first kappa shape index (κ1) is 12.1. The Kier molecular flexibility index (Phi) is 2.94. The molecule has 0 aliphatic heterocycles. The number of H-pyrrole nitrogens is 1. The molecule has 5 nitrogen and oxygen atoms in total. The molecule has 0 saturated carbocycles. The average Bonchev–Trinajstić information content (AvgIpc) is 2.96. The molecule has 3 aromatic rings. The second-order valence-corrected chi connectivity index (χ2v) is 4.80. The topological polar surface area (TPSA) is 59.6 Å². The van der Waals surface area contributed by atoms with Gasteiger partial charge in [0.15, 0.2) is 10.4 Å². The Hall–Kier alpha value is -1.95. The summed E-state index contributed by atoms with van der Waals surface area (Å²) in [6, 6.07) is 3.94. The number of hydrogen-bond acceptors (Lipinski definition) is 4. The van der Waals surface area contributed by atoms with Crippen LogP contribution < -0.4 is 0 Å². The quantitative estimate of drug-likeness (QED) is 0.746. The molecular formula is C13H14N4OS. The molecule has 3 heterocycles. The number of oxazole rings is 1. The predicted octanol–water partition coefficient (Wildman–Crippen LogP) is 3.00. The Balaban J connectivity index is 2.06. The van der Waals surface area contributed by atoms with Gasteiger partial charge >= 0.3 is 0 Å². The first-order chi connectivity index (χ1) is 9.17. The van der Waals surface area contributed by atoms with Crippen molar-refractivity contribution in [3.05, 3.63) is 40.4 Å². The molecular weight excluding hydrogens is 260 g/mol. The first-order valence-electron chi connectivity index (χ1n) is 6.17. The van der Waals surface area contributed by atoms with Crippen LogP contribution in [0.15, 0.2) is 22.7 Å². The number of nitrogens with zero attached hydrogens (tertiary/aromatic N) is 3. The third-order valence-electron chi connectivity index (χ3n) is 3.00. The van der Waals surface area contributed by atoms with Gasteiger partial charge in [0.05, 0.1) is 11.7 Å². The molecule has 0 aliphatic carbocycles. The van der Waals surface area contributed by atoms with Crippen LogP contribution in [-0.2, 0) is 13.0 Å². The highest BCUT2D eigenvalue weighted by molar-refractivity contribution is 7.71. The summed E-state index contributed by atoms with van der Waals surface area (Å²) in [5.74, 6) is 1.53. The molecule has 0 bridgehead atoms. The van der Waals surface area contributed by atoms with E-state index < -0.39 is 0 Å². The lowest BCUT2D eigenvalue weighted by Crippen LogP contribution is -2.01. The van der Waals surface area contributed by atoms with Crippen LogP contribution in [0, 0.1) is 11.7 Å². The van der Waals surface area contributed by atoms with Gasteiger partial charge in [0.1, 0.15) is 12.3 Å². The maximum Gasteiger partial charge on any atom is 0.214 e. The van der Waals surface area contributed by atoms with Gasteiger partial charge in [-0.25, -0.2) is 9.97 Å². The number of aromatic amines is 1. The van der Waals surface area contributed by atoms with Crippen molar-refractivity contribution in [1.29, 1.82) is 0 Å². The summed E-state index contributed by atoms with van der Waals surface area (Å²) in [5.41, 5.74) is 2.72. The van der Waals surface area contributed by atoms with Crippen molar-refractivity contribution in [2.24, 2.45) is 0 Å². The van der Waals surface area contributed by atoms with Gasteiger partial charge < -0.3 is 9.40 Å². The second kappa shape index (κ2) is 4.62. The normalized spacial score (nSPS) is 11.3. The van der Waals surface area contributed by atoms with Crippen molar-refractivity contribution in [2.75, 3.05) is 0 Å². The molecule has 3 rings (SSSR count). The summed E-state index contributed by atoms with van der Waals surface area (Å²) >= 11 is 5.33. The fraction of sp³-hybridized carbons (Fsp3) is 0.308. The van der Waals surface area contributed by atoms with Gasteiger partial charge in [0.25, 0.3) is 0 Å². The van der Waals surface area contributed by atoms with Crippen LogP contribution in [0.2, 0.25) is 0 Å². The molecule has 98 valence electrons. The Morgan fingerprint density at radius 1 is 1.42 bits per heavy atom. The number of pyridine rings is 1. The summed E-state index contributed by atoms with van der Waals surface area (Å²) < 4.78 is 8.16. The lowest BCUT2D eigenvalue weighted by atomic mass is 10.3. The zero-order valence-corrected chi connectivity index (χ0v) is 11.6. The van der Waals surface area contributed by atoms with Crippen molar-refractivity contribution in [1.82, 2.24) is 19.5 Å². The molecule has 0 fully saturated rings. The smallest absolute Gasteiger partial charge is 0.214 e. The minimum atomic E-state index is 0.495. The van der Waals surface area contributed by atoms with E-state index in [0.717, 1.165) is 29.0 Å². The molecule has 1 N–H and O–H groups in total. The Labute approximate surface area is 115 Å². The number of nitrogens with one attached hydrogen (secondary N) is 1. The fourth-order valence-corrected chi connectivity index (χ4v) is 2.25. The first-order valence-corrected chi connectivity index (χ1v) is 6.58. The van der Waals surface area contributed by atoms with E-state index in [1.54, 1.807) is 6.20 Å². The van der Waals surface area contributed by atoms with Crippen LogP contribution in [0.25, 0.3) is 11.2 Å². The molecule has 0 radical (unpaired) electrons. The molecule has 0 spiro atoms. The van der Waals surface area contributed by atoms with Crippen LogP contribution in [0.1, 0.15) is 24.3 Å². The summed E-state index contributed by atoms with van der Waals surface area (Å²) in [5, 5.41) is 0. The predicted molar refractivity (Wildman–Crippen MR) is 74.6 cm³/mol. The minimum Gasteiger partial charge on any atom is -0.444 e. The van der Waals surface area contributed by atoms with E-state index in [-0.39, 0.29) is 0 Å². The highest BCUT2D eigenvalue weighted by Crippen LogP contribution is 2.15. The van der Waals surface area contributed by atoms with Gasteiger partial charge in [0, 0.05) is 12.1 Å². The van der Waals surface area contributed by atoms with E-state index >= 15 is 0 Å². The Morgan fingerprint density at radius 2 is 2.26 bits per heavy atom. The summed E-state index contributed by atoms with van der Waals surface area (Å²) in [6.45, 7) is 4.49. The SMILES string of the molecule is CCc1cnc(Cn2c(=S)[nH]c3ccc(C)nc32)o1. The van der Waals surface area contributed by atoms with Crippen LogP contribution >= 0.6 is 12.2 Å². The van der Waals surface area contributed by atoms with E-state index in [1.165, 1.54) is 0 Å². The van der Waals surface area contributed by atoms with Crippen molar-refractivity contribution in [3.63, 3.8) is 0 Å². The van der Waals surface area contributed by atoms with Crippen molar-refractivity contribution < 1.29 is 4.42 Å². The maximum atomic E-state index is 5.62. The van der Waals surface area contributed by atoms with Crippen LogP contribution in [0.3, 0.4) is 0 Å². The molecule has 0 unspecified atom stereocenters. The highest BCUT2D eigenvalue weighted by Gasteiger charge is 2.10. The summed E-state index contributed by atoms with van der Waals surface area (Å²) in [6.07, 6.45) is 2.59. The fourth-order valence-electron chi connectivity index (χ4n) is 1.99. The van der Waals surface area contributed by atoms with E-state index in [0.29, 0.717) is 17.2 Å². The van der Waals surface area contributed by atoms with Gasteiger partial charge in [-0.2, -0.15) is 0 Å². The zero-order valence-electron chi connectivity index (χ0n) is 10.8. The monoisotopic (exact) mass is 274 g/mol. The summed E-state index contributed by atoms with van der Waals surface area (Å²) in [7, 11) is 0. The van der Waals surface area contributed by atoms with Crippen molar-refractivity contribution in [3.8, 4) is 0 Å². The zero-order chi connectivity index (χ0) is 13.4. The lowest BCUT2D eigenvalue weighted by molar-refractivity contribution is 0.447. The third kappa shape index (κ3) is 2.19. The molecule has 19 heavy (non-hydrogen) atoms. The van der Waals surface area contributed by atoms with Crippen molar-refractivity contribution in [2.45, 2.75) is 26.8 Å². The Bertz CT molecular complexity index is 783. The molecule has 0 atom stereocenters. The van der Waals surface area contributed by atoms with Crippen LogP contribution in [0.4, 0.5) is 0 Å². The molecule has 6 heteroatoms. The molecule has 0 saturated heterocycles. The Morgan fingerprint density at radius 3 is 3.00 bits per heavy atom. The number of rotatable bonds is 3. The molecule has 0 aromatic carbocycles. The van der Waals surface area contributed by atoms with Gasteiger partial charge in [0.2, 0.25) is 5.89 Å². The number of aryl methyl sites for hydroxylation is 2. The number of fused-ring (bicyclic) bond motifs is 1. The van der Waals surface area contributed by atoms with Gasteiger partial charge in [-0.1, -0.05) is 6.92 Å². The van der Waals surface area contributed by atoms with E-state index in [9.17, 15) is 0 Å². The maximum absolute atomic E-state index is 5.62. The largest absolute Gasteiger partial charge is 0.444 e. The lowest BCUT2D eigenvalue weighted by Gasteiger charge is -2.00. The van der Waals surface area contributed by atoms with Crippen LogP contribution in [-0.4, -0.2) is 19.5 Å². The molecule has 3 aromatic heterocycles. The highest BCUT2D eigenvalue weighted by atomic mass is 32.1. The minimum absolute atomic E-state index is 0.495. The number of hydrogen-bond donors (Lipinski definition) is 1. The van der Waals surface area contributed by atoms with Gasteiger partial charge in [-0.15, -0.1) is 0 Å². The van der Waals surface area contributed by atoms with Gasteiger partial charge in [-0.3, -0.25) is 4.57 Å². The standard InChI is InChI=1S/C13H14N4OS/c1-3-9-6-14-11(18-9)7-17-12-10(16-13(17)19)5-4-8(2)15-12/h4-6H,3,7H2,1-2H3,(H,16,19). The third-order valence-corrected chi connectivity index (χ3v) is 3.32. The average molecular weight is 274 g/mol. The molecule has 0 amide bonds.